The number of hydrogen-bond donors (Lipinski definition) is 1. The highest BCUT2D eigenvalue weighted by Crippen LogP contribution is 2.35. The van der Waals surface area contributed by atoms with Gasteiger partial charge in [0.1, 0.15) is 0 Å². The van der Waals surface area contributed by atoms with Gasteiger partial charge in [-0.05, 0) is 85.3 Å². The molecule has 3 aromatic carbocycles. The third-order valence-electron chi connectivity index (χ3n) is 7.38. The number of benzene rings is 3. The number of aryl methyl sites for hydroxylation is 2. The molecular formula is C33H42O3. The van der Waals surface area contributed by atoms with E-state index in [2.05, 4.69) is 80.6 Å². The zero-order valence-corrected chi connectivity index (χ0v) is 22.0. The van der Waals surface area contributed by atoms with E-state index in [1.807, 2.05) is 6.07 Å². The summed E-state index contributed by atoms with van der Waals surface area (Å²) in [7, 11) is 0. The minimum absolute atomic E-state index is 0.131. The van der Waals surface area contributed by atoms with Crippen molar-refractivity contribution in [2.24, 2.45) is 0 Å². The molecule has 192 valence electrons. The molecule has 3 aromatic rings. The largest absolute Gasteiger partial charge is 0.396 e. The Bertz CT molecular complexity index is 1040. The lowest BCUT2D eigenvalue weighted by molar-refractivity contribution is -0.148. The molecule has 0 radical (unpaired) electrons. The minimum atomic E-state index is 0.131. The maximum absolute atomic E-state index is 9.00. The van der Waals surface area contributed by atoms with Gasteiger partial charge in [-0.3, -0.25) is 0 Å². The predicted octanol–water partition coefficient (Wildman–Crippen LogP) is 7.51. The van der Waals surface area contributed by atoms with Gasteiger partial charge in [0.25, 0.3) is 0 Å². The number of aliphatic hydroxyl groups is 1. The van der Waals surface area contributed by atoms with Gasteiger partial charge in [0.05, 0.1) is 24.9 Å². The molecule has 1 saturated heterocycles. The van der Waals surface area contributed by atoms with Crippen LogP contribution in [-0.4, -0.2) is 23.9 Å². The number of aliphatic hydroxyl groups excluding tert-OH is 1. The van der Waals surface area contributed by atoms with Crippen LogP contribution in [0.4, 0.5) is 0 Å². The highest BCUT2D eigenvalue weighted by molar-refractivity contribution is 5.37. The molecule has 1 aliphatic heterocycles. The Hall–Kier alpha value is -2.46. The van der Waals surface area contributed by atoms with Gasteiger partial charge in [-0.15, -0.1) is 0 Å². The van der Waals surface area contributed by atoms with Gasteiger partial charge >= 0.3 is 0 Å². The lowest BCUT2D eigenvalue weighted by Crippen LogP contribution is -2.37. The third-order valence-corrected chi connectivity index (χ3v) is 7.38. The van der Waals surface area contributed by atoms with Crippen LogP contribution in [0.2, 0.25) is 0 Å². The minimum Gasteiger partial charge on any atom is -0.396 e. The van der Waals surface area contributed by atoms with Crippen LogP contribution in [0.25, 0.3) is 0 Å². The number of ether oxygens (including phenoxy) is 2. The Balaban J connectivity index is 1.39. The Morgan fingerprint density at radius 2 is 1.67 bits per heavy atom. The lowest BCUT2D eigenvalue weighted by atomic mass is 9.91. The summed E-state index contributed by atoms with van der Waals surface area (Å²) in [4.78, 5) is 0. The van der Waals surface area contributed by atoms with Crippen molar-refractivity contribution in [2.75, 3.05) is 6.61 Å². The molecule has 0 unspecified atom stereocenters. The molecule has 1 heterocycles. The predicted molar refractivity (Wildman–Crippen MR) is 147 cm³/mol. The van der Waals surface area contributed by atoms with Crippen molar-refractivity contribution < 1.29 is 14.6 Å². The molecule has 3 atom stereocenters. The van der Waals surface area contributed by atoms with Gasteiger partial charge in [0.15, 0.2) is 0 Å². The van der Waals surface area contributed by atoms with Gasteiger partial charge in [-0.25, -0.2) is 0 Å². The molecule has 0 amide bonds. The van der Waals surface area contributed by atoms with Crippen LogP contribution in [-0.2, 0) is 28.9 Å². The monoisotopic (exact) mass is 486 g/mol. The van der Waals surface area contributed by atoms with E-state index in [1.54, 1.807) is 0 Å². The van der Waals surface area contributed by atoms with Gasteiger partial charge < -0.3 is 14.6 Å². The van der Waals surface area contributed by atoms with Gasteiger partial charge in [0, 0.05) is 6.61 Å². The highest BCUT2D eigenvalue weighted by Gasteiger charge is 2.32. The summed E-state index contributed by atoms with van der Waals surface area (Å²) >= 11 is 0. The molecule has 3 nitrogen and oxygen atoms in total. The average molecular weight is 487 g/mol. The molecular weight excluding hydrogens is 444 g/mol. The standard InChI is InChI=1S/C33H42O3/c1-3-9-33-32(35-24-28-11-5-4-6-12-28)20-19-31(36-33)29-18-13-25(2)30(23-29)22-27-16-14-26(15-17-27)10-7-8-21-34/h4-6,11-18,23,31-34H,3,7-10,19-22,24H2,1-2H3/t31-,32+,33+/m0/s1. The third kappa shape index (κ3) is 7.52. The summed E-state index contributed by atoms with van der Waals surface area (Å²) in [5.74, 6) is 0. The summed E-state index contributed by atoms with van der Waals surface area (Å²) in [5, 5.41) is 9.00. The van der Waals surface area contributed by atoms with Crippen molar-refractivity contribution in [2.45, 2.75) is 90.1 Å². The molecule has 0 aromatic heterocycles. The van der Waals surface area contributed by atoms with E-state index < -0.39 is 0 Å². The van der Waals surface area contributed by atoms with Crippen LogP contribution in [0.5, 0.6) is 0 Å². The van der Waals surface area contributed by atoms with E-state index in [1.165, 1.54) is 33.4 Å². The average Bonchev–Trinajstić information content (AvgIpc) is 2.91. The molecule has 0 saturated carbocycles. The van der Waals surface area contributed by atoms with Crippen molar-refractivity contribution in [1.82, 2.24) is 0 Å². The van der Waals surface area contributed by atoms with Crippen LogP contribution in [0, 0.1) is 6.92 Å². The lowest BCUT2D eigenvalue weighted by Gasteiger charge is -2.37. The quantitative estimate of drug-likeness (QED) is 0.269. The Morgan fingerprint density at radius 1 is 0.889 bits per heavy atom. The smallest absolute Gasteiger partial charge is 0.0845 e. The first-order valence-corrected chi connectivity index (χ1v) is 13.8. The Morgan fingerprint density at radius 3 is 2.42 bits per heavy atom. The van der Waals surface area contributed by atoms with Crippen molar-refractivity contribution in [1.29, 1.82) is 0 Å². The first-order chi connectivity index (χ1) is 17.7. The number of hydrogen-bond acceptors (Lipinski definition) is 3. The summed E-state index contributed by atoms with van der Waals surface area (Å²) < 4.78 is 13.0. The van der Waals surface area contributed by atoms with Crippen LogP contribution < -0.4 is 0 Å². The second-order valence-corrected chi connectivity index (χ2v) is 10.2. The van der Waals surface area contributed by atoms with E-state index in [0.717, 1.165) is 51.4 Å². The fourth-order valence-electron chi connectivity index (χ4n) is 5.19. The van der Waals surface area contributed by atoms with E-state index in [4.69, 9.17) is 14.6 Å². The fraction of sp³-hybridized carbons (Fsp3) is 0.455. The summed E-state index contributed by atoms with van der Waals surface area (Å²) in [6.45, 7) is 5.36. The van der Waals surface area contributed by atoms with Crippen LogP contribution >= 0.6 is 0 Å². The van der Waals surface area contributed by atoms with Crippen molar-refractivity contribution in [3.63, 3.8) is 0 Å². The van der Waals surface area contributed by atoms with Crippen LogP contribution in [0.1, 0.15) is 84.9 Å². The molecule has 0 spiro atoms. The summed E-state index contributed by atoms with van der Waals surface area (Å²) in [6, 6.07) is 26.3. The normalized spacial score (nSPS) is 19.9. The molecule has 1 fully saturated rings. The molecule has 1 aliphatic rings. The summed E-state index contributed by atoms with van der Waals surface area (Å²) in [6.07, 6.45) is 8.44. The number of rotatable bonds is 12. The molecule has 1 N–H and O–H groups in total. The van der Waals surface area contributed by atoms with Gasteiger partial charge in [-0.1, -0.05) is 86.1 Å². The van der Waals surface area contributed by atoms with Crippen LogP contribution in [0.15, 0.2) is 72.8 Å². The molecule has 0 aliphatic carbocycles. The van der Waals surface area contributed by atoms with E-state index >= 15 is 0 Å². The van der Waals surface area contributed by atoms with Crippen LogP contribution in [0.3, 0.4) is 0 Å². The van der Waals surface area contributed by atoms with Crippen molar-refractivity contribution >= 4 is 0 Å². The second kappa shape index (κ2) is 13.7. The van der Waals surface area contributed by atoms with Gasteiger partial charge in [-0.2, -0.15) is 0 Å². The van der Waals surface area contributed by atoms with E-state index in [-0.39, 0.29) is 24.9 Å². The molecule has 3 heteroatoms. The Labute approximate surface area is 217 Å². The topological polar surface area (TPSA) is 38.7 Å². The molecule has 0 bridgehead atoms. The zero-order valence-electron chi connectivity index (χ0n) is 22.0. The molecule has 36 heavy (non-hydrogen) atoms. The molecule has 4 rings (SSSR count). The maximum Gasteiger partial charge on any atom is 0.0845 e. The van der Waals surface area contributed by atoms with E-state index in [0.29, 0.717) is 6.61 Å². The Kier molecular flexibility index (Phi) is 10.2. The number of unbranched alkanes of at least 4 members (excludes halogenated alkanes) is 1. The first kappa shape index (κ1) is 26.6. The second-order valence-electron chi connectivity index (χ2n) is 10.2. The first-order valence-electron chi connectivity index (χ1n) is 13.8. The SMILES string of the molecule is CCC[C@H]1O[C@H](c2ccc(C)c(Cc3ccc(CCCCO)cc3)c2)CC[C@H]1OCc1ccccc1. The highest BCUT2D eigenvalue weighted by atomic mass is 16.5. The van der Waals surface area contributed by atoms with Crippen molar-refractivity contribution in [3.05, 3.63) is 106 Å². The fourth-order valence-corrected chi connectivity index (χ4v) is 5.19. The zero-order chi connectivity index (χ0) is 25.2. The maximum atomic E-state index is 9.00. The van der Waals surface area contributed by atoms with E-state index in [9.17, 15) is 0 Å². The summed E-state index contributed by atoms with van der Waals surface area (Å²) in [5.41, 5.74) is 7.90. The van der Waals surface area contributed by atoms with Crippen molar-refractivity contribution in [3.8, 4) is 0 Å². The van der Waals surface area contributed by atoms with Gasteiger partial charge in [0.2, 0.25) is 0 Å².